The maximum Gasteiger partial charge on any atom is 0.0462 e. The Morgan fingerprint density at radius 2 is 2.00 bits per heavy atom. The Morgan fingerprint density at radius 1 is 1.25 bits per heavy atom. The molecule has 2 nitrogen and oxygen atoms in total. The van der Waals surface area contributed by atoms with Gasteiger partial charge in [0.05, 0.1) is 0 Å². The van der Waals surface area contributed by atoms with E-state index in [9.17, 15) is 0 Å². The Kier molecular flexibility index (Phi) is 6.12. The SMILES string of the molecule is COCCCC(N)CCc1ccccc1C. The predicted molar refractivity (Wildman–Crippen MR) is 68.6 cm³/mol. The molecule has 0 aliphatic carbocycles. The lowest BCUT2D eigenvalue weighted by atomic mass is 9.99. The Balaban J connectivity index is 2.26. The summed E-state index contributed by atoms with van der Waals surface area (Å²) < 4.78 is 5.02. The van der Waals surface area contributed by atoms with Crippen molar-refractivity contribution in [3.05, 3.63) is 35.4 Å². The zero-order valence-corrected chi connectivity index (χ0v) is 10.4. The van der Waals surface area contributed by atoms with Gasteiger partial charge in [0, 0.05) is 19.8 Å². The van der Waals surface area contributed by atoms with Crippen molar-refractivity contribution in [1.82, 2.24) is 0 Å². The average molecular weight is 221 g/mol. The lowest BCUT2D eigenvalue weighted by Gasteiger charge is -2.12. The highest BCUT2D eigenvalue weighted by atomic mass is 16.5. The second-order valence-electron chi connectivity index (χ2n) is 4.36. The number of methoxy groups -OCH3 is 1. The molecule has 2 heteroatoms. The molecular formula is C14H23NO. The number of aryl methyl sites for hydroxylation is 2. The third-order valence-electron chi connectivity index (χ3n) is 2.97. The Labute approximate surface area is 98.8 Å². The Morgan fingerprint density at radius 3 is 2.69 bits per heavy atom. The summed E-state index contributed by atoms with van der Waals surface area (Å²) in [5.74, 6) is 0. The van der Waals surface area contributed by atoms with E-state index in [0.29, 0.717) is 6.04 Å². The third-order valence-corrected chi connectivity index (χ3v) is 2.97. The molecule has 0 heterocycles. The van der Waals surface area contributed by atoms with E-state index in [2.05, 4.69) is 31.2 Å². The molecule has 0 aliphatic rings. The average Bonchev–Trinajstić information content (AvgIpc) is 2.28. The number of rotatable bonds is 7. The number of hydrogen-bond acceptors (Lipinski definition) is 2. The van der Waals surface area contributed by atoms with E-state index in [1.54, 1.807) is 7.11 Å². The molecule has 1 atom stereocenters. The van der Waals surface area contributed by atoms with Crippen LogP contribution in [0.1, 0.15) is 30.4 Å². The molecule has 0 radical (unpaired) electrons. The van der Waals surface area contributed by atoms with Crippen LogP contribution in [-0.4, -0.2) is 19.8 Å². The molecule has 1 rings (SSSR count). The molecule has 0 saturated carbocycles. The van der Waals surface area contributed by atoms with E-state index >= 15 is 0 Å². The molecule has 0 amide bonds. The van der Waals surface area contributed by atoms with E-state index in [-0.39, 0.29) is 0 Å². The molecule has 0 saturated heterocycles. The van der Waals surface area contributed by atoms with Crippen LogP contribution >= 0.6 is 0 Å². The molecule has 1 unspecified atom stereocenters. The largest absolute Gasteiger partial charge is 0.385 e. The normalized spacial score (nSPS) is 12.7. The first-order chi connectivity index (χ1) is 7.74. The summed E-state index contributed by atoms with van der Waals surface area (Å²) in [6.07, 6.45) is 4.26. The van der Waals surface area contributed by atoms with Crippen molar-refractivity contribution in [1.29, 1.82) is 0 Å². The molecule has 0 fully saturated rings. The fraction of sp³-hybridized carbons (Fsp3) is 0.571. The second kappa shape index (κ2) is 7.42. The molecule has 2 N–H and O–H groups in total. The molecule has 0 aromatic heterocycles. The van der Waals surface area contributed by atoms with E-state index in [1.165, 1.54) is 11.1 Å². The van der Waals surface area contributed by atoms with E-state index < -0.39 is 0 Å². The van der Waals surface area contributed by atoms with Gasteiger partial charge in [-0.05, 0) is 43.7 Å². The summed E-state index contributed by atoms with van der Waals surface area (Å²) in [5, 5.41) is 0. The van der Waals surface area contributed by atoms with Gasteiger partial charge in [0.2, 0.25) is 0 Å². The fourth-order valence-corrected chi connectivity index (χ4v) is 1.87. The van der Waals surface area contributed by atoms with Crippen molar-refractivity contribution in [2.75, 3.05) is 13.7 Å². The third kappa shape index (κ3) is 4.77. The minimum absolute atomic E-state index is 0.301. The minimum Gasteiger partial charge on any atom is -0.385 e. The maximum absolute atomic E-state index is 6.06. The first kappa shape index (κ1) is 13.2. The summed E-state index contributed by atoms with van der Waals surface area (Å²) in [6, 6.07) is 8.83. The van der Waals surface area contributed by atoms with Gasteiger partial charge in [0.1, 0.15) is 0 Å². The van der Waals surface area contributed by atoms with Crippen molar-refractivity contribution >= 4 is 0 Å². The van der Waals surface area contributed by atoms with Crippen LogP contribution in [0.3, 0.4) is 0 Å². The van der Waals surface area contributed by atoms with Crippen LogP contribution in [0.15, 0.2) is 24.3 Å². The van der Waals surface area contributed by atoms with Gasteiger partial charge < -0.3 is 10.5 Å². The number of benzene rings is 1. The van der Waals surface area contributed by atoms with Crippen LogP contribution in [0.4, 0.5) is 0 Å². The predicted octanol–water partition coefficient (Wildman–Crippen LogP) is 2.68. The van der Waals surface area contributed by atoms with Gasteiger partial charge in [0.25, 0.3) is 0 Å². The lowest BCUT2D eigenvalue weighted by Crippen LogP contribution is -2.21. The summed E-state index contributed by atoms with van der Waals surface area (Å²) in [5.41, 5.74) is 8.85. The first-order valence-corrected chi connectivity index (χ1v) is 6.03. The van der Waals surface area contributed by atoms with Crippen molar-refractivity contribution < 1.29 is 4.74 Å². The molecular weight excluding hydrogens is 198 g/mol. The molecule has 0 aliphatic heterocycles. The van der Waals surface area contributed by atoms with Crippen LogP contribution in [0, 0.1) is 6.92 Å². The molecule has 0 bridgehead atoms. The van der Waals surface area contributed by atoms with Crippen molar-refractivity contribution in [2.24, 2.45) is 5.73 Å². The minimum atomic E-state index is 0.301. The smallest absolute Gasteiger partial charge is 0.0462 e. The topological polar surface area (TPSA) is 35.2 Å². The van der Waals surface area contributed by atoms with Crippen LogP contribution in [0.2, 0.25) is 0 Å². The van der Waals surface area contributed by atoms with E-state index in [1.807, 2.05) is 0 Å². The summed E-state index contributed by atoms with van der Waals surface area (Å²) >= 11 is 0. The number of ether oxygens (including phenoxy) is 1. The summed E-state index contributed by atoms with van der Waals surface area (Å²) in [4.78, 5) is 0. The van der Waals surface area contributed by atoms with Crippen LogP contribution in [0.25, 0.3) is 0 Å². The highest BCUT2D eigenvalue weighted by molar-refractivity contribution is 5.25. The molecule has 1 aromatic carbocycles. The van der Waals surface area contributed by atoms with Gasteiger partial charge in [0.15, 0.2) is 0 Å². The number of hydrogen-bond donors (Lipinski definition) is 1. The van der Waals surface area contributed by atoms with Crippen molar-refractivity contribution in [3.63, 3.8) is 0 Å². The van der Waals surface area contributed by atoms with Gasteiger partial charge in [-0.15, -0.1) is 0 Å². The van der Waals surface area contributed by atoms with Crippen LogP contribution < -0.4 is 5.73 Å². The lowest BCUT2D eigenvalue weighted by molar-refractivity contribution is 0.190. The number of nitrogens with two attached hydrogens (primary N) is 1. The zero-order valence-electron chi connectivity index (χ0n) is 10.4. The van der Waals surface area contributed by atoms with E-state index in [4.69, 9.17) is 10.5 Å². The Hall–Kier alpha value is -0.860. The maximum atomic E-state index is 6.06. The van der Waals surface area contributed by atoms with Crippen LogP contribution in [0.5, 0.6) is 0 Å². The van der Waals surface area contributed by atoms with Crippen LogP contribution in [-0.2, 0) is 11.2 Å². The standard InChI is InChI=1S/C14H23NO/c1-12-6-3-4-7-13(12)9-10-14(15)8-5-11-16-2/h3-4,6-7,14H,5,8-11,15H2,1-2H3. The zero-order chi connectivity index (χ0) is 11.8. The quantitative estimate of drug-likeness (QED) is 0.718. The second-order valence-corrected chi connectivity index (χ2v) is 4.36. The van der Waals surface area contributed by atoms with Gasteiger partial charge in [-0.25, -0.2) is 0 Å². The fourth-order valence-electron chi connectivity index (χ4n) is 1.87. The first-order valence-electron chi connectivity index (χ1n) is 6.03. The van der Waals surface area contributed by atoms with Gasteiger partial charge in [-0.3, -0.25) is 0 Å². The highest BCUT2D eigenvalue weighted by Gasteiger charge is 2.04. The molecule has 90 valence electrons. The molecule has 0 spiro atoms. The monoisotopic (exact) mass is 221 g/mol. The summed E-state index contributed by atoms with van der Waals surface area (Å²) in [6.45, 7) is 2.98. The van der Waals surface area contributed by atoms with Crippen molar-refractivity contribution in [2.45, 2.75) is 38.6 Å². The van der Waals surface area contributed by atoms with Crippen molar-refractivity contribution in [3.8, 4) is 0 Å². The van der Waals surface area contributed by atoms with E-state index in [0.717, 1.165) is 32.3 Å². The van der Waals surface area contributed by atoms with Gasteiger partial charge >= 0.3 is 0 Å². The van der Waals surface area contributed by atoms with Gasteiger partial charge in [-0.1, -0.05) is 24.3 Å². The van der Waals surface area contributed by atoms with Gasteiger partial charge in [-0.2, -0.15) is 0 Å². The molecule has 16 heavy (non-hydrogen) atoms. The highest BCUT2D eigenvalue weighted by Crippen LogP contribution is 2.11. The summed E-state index contributed by atoms with van der Waals surface area (Å²) in [7, 11) is 1.73. The molecule has 1 aromatic rings. The Bertz CT molecular complexity index is 299.